The normalized spacial score (nSPS) is 10.0. The number of carboxylic acids is 1. The van der Waals surface area contributed by atoms with Crippen molar-refractivity contribution < 1.29 is 19.1 Å². The van der Waals surface area contributed by atoms with Crippen molar-refractivity contribution >= 4 is 35.0 Å². The second-order valence-corrected chi connectivity index (χ2v) is 4.50. The minimum Gasteiger partial charge on any atom is -0.478 e. The maximum absolute atomic E-state index is 13.2. The van der Waals surface area contributed by atoms with Crippen LogP contribution in [0.25, 0.3) is 0 Å². The number of carboxylic acid groups (broad SMARTS) is 1. The van der Waals surface area contributed by atoms with Crippen LogP contribution in [0.1, 0.15) is 10.4 Å². The number of amides is 2. The van der Waals surface area contributed by atoms with Gasteiger partial charge in [-0.25, -0.2) is 14.0 Å². The summed E-state index contributed by atoms with van der Waals surface area (Å²) in [5, 5.41) is 13.6. The Balaban J connectivity index is 2.01. The first-order valence-electron chi connectivity index (χ1n) is 5.82. The molecule has 0 radical (unpaired) electrons. The molecule has 0 saturated heterocycles. The first-order chi connectivity index (χ1) is 9.95. The van der Waals surface area contributed by atoms with Crippen molar-refractivity contribution in [3.05, 3.63) is 58.9 Å². The summed E-state index contributed by atoms with van der Waals surface area (Å²) in [7, 11) is 0. The van der Waals surface area contributed by atoms with E-state index in [1.54, 1.807) is 0 Å². The lowest BCUT2D eigenvalue weighted by Gasteiger charge is -2.08. The fourth-order valence-corrected chi connectivity index (χ4v) is 1.68. The molecule has 0 fully saturated rings. The molecule has 2 aromatic carbocycles. The molecule has 0 aliphatic carbocycles. The lowest BCUT2D eigenvalue weighted by Crippen LogP contribution is -2.19. The Bertz CT molecular complexity index is 689. The smallest absolute Gasteiger partial charge is 0.335 e. The van der Waals surface area contributed by atoms with Crippen LogP contribution in [0.15, 0.2) is 42.5 Å². The highest BCUT2D eigenvalue weighted by molar-refractivity contribution is 6.30. The molecule has 0 aliphatic heterocycles. The maximum atomic E-state index is 13.2. The number of hydrogen-bond donors (Lipinski definition) is 3. The van der Waals surface area contributed by atoms with Gasteiger partial charge in [0.15, 0.2) is 0 Å². The summed E-state index contributed by atoms with van der Waals surface area (Å²) < 4.78 is 13.2. The summed E-state index contributed by atoms with van der Waals surface area (Å²) >= 11 is 5.54. The van der Waals surface area contributed by atoms with Crippen LogP contribution in [0.4, 0.5) is 20.6 Å². The minimum atomic E-state index is -1.05. The highest BCUT2D eigenvalue weighted by atomic mass is 35.5. The number of aromatic carboxylic acids is 1. The van der Waals surface area contributed by atoms with E-state index in [1.165, 1.54) is 36.4 Å². The number of benzene rings is 2. The van der Waals surface area contributed by atoms with E-state index in [9.17, 15) is 14.0 Å². The molecule has 5 nitrogen and oxygen atoms in total. The van der Waals surface area contributed by atoms with E-state index < -0.39 is 17.8 Å². The first-order valence-corrected chi connectivity index (χ1v) is 6.20. The molecule has 108 valence electrons. The molecular formula is C14H10ClFN2O3. The molecule has 0 heterocycles. The van der Waals surface area contributed by atoms with Crippen LogP contribution in [-0.4, -0.2) is 17.1 Å². The van der Waals surface area contributed by atoms with E-state index >= 15 is 0 Å². The SMILES string of the molecule is O=C(Nc1ccc(C(=O)O)cc1)Nc1ccc(Cl)c(F)c1. The molecule has 2 amide bonds. The van der Waals surface area contributed by atoms with Gasteiger partial charge in [-0.3, -0.25) is 0 Å². The van der Waals surface area contributed by atoms with Gasteiger partial charge in [0.25, 0.3) is 0 Å². The molecule has 0 bridgehead atoms. The topological polar surface area (TPSA) is 78.4 Å². The molecule has 0 unspecified atom stereocenters. The third kappa shape index (κ3) is 3.93. The zero-order chi connectivity index (χ0) is 15.4. The van der Waals surface area contributed by atoms with Crippen molar-refractivity contribution in [1.29, 1.82) is 0 Å². The Kier molecular flexibility index (Phi) is 4.39. The van der Waals surface area contributed by atoms with Crippen LogP contribution in [0.2, 0.25) is 5.02 Å². The molecule has 0 aliphatic rings. The van der Waals surface area contributed by atoms with Gasteiger partial charge in [0.1, 0.15) is 5.82 Å². The van der Waals surface area contributed by atoms with E-state index in [0.29, 0.717) is 5.69 Å². The number of nitrogens with one attached hydrogen (secondary N) is 2. The third-order valence-electron chi connectivity index (χ3n) is 2.57. The second-order valence-electron chi connectivity index (χ2n) is 4.09. The number of carbonyl (C=O) groups excluding carboxylic acids is 1. The Morgan fingerprint density at radius 2 is 1.57 bits per heavy atom. The van der Waals surface area contributed by atoms with Crippen LogP contribution >= 0.6 is 11.6 Å². The number of hydrogen-bond acceptors (Lipinski definition) is 2. The zero-order valence-corrected chi connectivity index (χ0v) is 11.3. The van der Waals surface area contributed by atoms with Gasteiger partial charge in [0, 0.05) is 11.4 Å². The molecule has 3 N–H and O–H groups in total. The molecule has 2 aromatic rings. The Morgan fingerprint density at radius 3 is 2.14 bits per heavy atom. The average molecular weight is 309 g/mol. The molecule has 0 spiro atoms. The predicted molar refractivity (Wildman–Crippen MR) is 77.5 cm³/mol. The van der Waals surface area contributed by atoms with E-state index in [0.717, 1.165) is 6.07 Å². The fourth-order valence-electron chi connectivity index (χ4n) is 1.56. The van der Waals surface area contributed by atoms with Crippen LogP contribution in [0.3, 0.4) is 0 Å². The van der Waals surface area contributed by atoms with Gasteiger partial charge in [0.05, 0.1) is 10.6 Å². The van der Waals surface area contributed by atoms with Gasteiger partial charge >= 0.3 is 12.0 Å². The van der Waals surface area contributed by atoms with E-state index in [4.69, 9.17) is 16.7 Å². The van der Waals surface area contributed by atoms with Gasteiger partial charge in [-0.1, -0.05) is 11.6 Å². The molecule has 0 aromatic heterocycles. The molecular weight excluding hydrogens is 299 g/mol. The lowest BCUT2D eigenvalue weighted by molar-refractivity contribution is 0.0697. The lowest BCUT2D eigenvalue weighted by atomic mass is 10.2. The van der Waals surface area contributed by atoms with E-state index in [-0.39, 0.29) is 16.3 Å². The molecule has 2 rings (SSSR count). The maximum Gasteiger partial charge on any atom is 0.335 e. The Labute approximate surface area is 124 Å². The van der Waals surface area contributed by atoms with Crippen molar-refractivity contribution in [2.24, 2.45) is 0 Å². The van der Waals surface area contributed by atoms with Gasteiger partial charge in [-0.2, -0.15) is 0 Å². The van der Waals surface area contributed by atoms with Crippen LogP contribution in [-0.2, 0) is 0 Å². The predicted octanol–water partition coefficient (Wildman–Crippen LogP) is 3.82. The molecule has 7 heteroatoms. The van der Waals surface area contributed by atoms with Crippen molar-refractivity contribution in [3.63, 3.8) is 0 Å². The number of halogens is 2. The summed E-state index contributed by atoms with van der Waals surface area (Å²) in [5.41, 5.74) is 0.768. The molecule has 0 atom stereocenters. The largest absolute Gasteiger partial charge is 0.478 e. The van der Waals surface area contributed by atoms with Crippen molar-refractivity contribution in [1.82, 2.24) is 0 Å². The quantitative estimate of drug-likeness (QED) is 0.806. The number of anilines is 2. The third-order valence-corrected chi connectivity index (χ3v) is 2.87. The van der Waals surface area contributed by atoms with Gasteiger partial charge in [0.2, 0.25) is 0 Å². The zero-order valence-electron chi connectivity index (χ0n) is 10.6. The summed E-state index contributed by atoms with van der Waals surface area (Å²) in [6.45, 7) is 0. The number of carbonyl (C=O) groups is 2. The summed E-state index contributed by atoms with van der Waals surface area (Å²) in [5.74, 6) is -1.69. The van der Waals surface area contributed by atoms with Crippen LogP contribution in [0.5, 0.6) is 0 Å². The van der Waals surface area contributed by atoms with Gasteiger partial charge < -0.3 is 15.7 Å². The van der Waals surface area contributed by atoms with Gasteiger partial charge in [-0.15, -0.1) is 0 Å². The Hall–Kier alpha value is -2.60. The monoisotopic (exact) mass is 308 g/mol. The van der Waals surface area contributed by atoms with Crippen molar-refractivity contribution in [2.45, 2.75) is 0 Å². The summed E-state index contributed by atoms with van der Waals surface area (Å²) in [6.07, 6.45) is 0. The van der Waals surface area contributed by atoms with Crippen LogP contribution in [0, 0.1) is 5.82 Å². The van der Waals surface area contributed by atoms with Crippen molar-refractivity contribution in [2.75, 3.05) is 10.6 Å². The average Bonchev–Trinajstić information content (AvgIpc) is 2.43. The second kappa shape index (κ2) is 6.23. The highest BCUT2D eigenvalue weighted by Crippen LogP contribution is 2.19. The molecule has 21 heavy (non-hydrogen) atoms. The van der Waals surface area contributed by atoms with Crippen molar-refractivity contribution in [3.8, 4) is 0 Å². The summed E-state index contributed by atoms with van der Waals surface area (Å²) in [6, 6.07) is 8.92. The number of rotatable bonds is 3. The Morgan fingerprint density at radius 1 is 1.00 bits per heavy atom. The first kappa shape index (κ1) is 14.8. The van der Waals surface area contributed by atoms with Gasteiger partial charge in [-0.05, 0) is 42.5 Å². The molecule has 0 saturated carbocycles. The van der Waals surface area contributed by atoms with E-state index in [2.05, 4.69) is 10.6 Å². The minimum absolute atomic E-state index is 0.0368. The number of urea groups is 1. The van der Waals surface area contributed by atoms with Crippen LogP contribution < -0.4 is 10.6 Å². The van der Waals surface area contributed by atoms with E-state index in [1.807, 2.05) is 0 Å². The summed E-state index contributed by atoms with van der Waals surface area (Å²) in [4.78, 5) is 22.4. The highest BCUT2D eigenvalue weighted by Gasteiger charge is 2.07. The fraction of sp³-hybridized carbons (Fsp3) is 0. The standard InChI is InChI=1S/C14H10ClFN2O3/c15-11-6-5-10(7-12(11)16)18-14(21)17-9-3-1-8(2-4-9)13(19)20/h1-7H,(H,19,20)(H2,17,18,21).